The molecule has 0 atom stereocenters. The number of rotatable bonds is 6. The maximum Gasteiger partial charge on any atom is 0.416 e. The number of aromatic nitrogens is 4. The van der Waals surface area contributed by atoms with E-state index in [0.717, 1.165) is 16.7 Å². The summed E-state index contributed by atoms with van der Waals surface area (Å²) in [6.07, 6.45) is -2.62. The summed E-state index contributed by atoms with van der Waals surface area (Å²) in [6, 6.07) is 9.99. The predicted octanol–water partition coefficient (Wildman–Crippen LogP) is 4.60. The topological polar surface area (TPSA) is 61.8 Å². The van der Waals surface area contributed by atoms with Gasteiger partial charge in [-0.15, -0.1) is 0 Å². The van der Waals surface area contributed by atoms with Gasteiger partial charge in [-0.05, 0) is 54.3 Å². The van der Waals surface area contributed by atoms with Crippen LogP contribution in [0.2, 0.25) is 0 Å². The lowest BCUT2D eigenvalue weighted by Gasteiger charge is -2.14. The van der Waals surface area contributed by atoms with E-state index in [9.17, 15) is 27.2 Å². The summed E-state index contributed by atoms with van der Waals surface area (Å²) < 4.78 is 56.7. The molecule has 0 saturated heterocycles. The van der Waals surface area contributed by atoms with Gasteiger partial charge in [-0.25, -0.2) is 18.7 Å². The predicted molar refractivity (Wildman–Crippen MR) is 120 cm³/mol. The van der Waals surface area contributed by atoms with Crippen molar-refractivity contribution >= 4 is 11.2 Å². The van der Waals surface area contributed by atoms with E-state index in [4.69, 9.17) is 0 Å². The van der Waals surface area contributed by atoms with Gasteiger partial charge >= 0.3 is 11.9 Å². The highest BCUT2D eigenvalue weighted by Gasteiger charge is 2.30. The second-order valence-corrected chi connectivity index (χ2v) is 8.48. The lowest BCUT2D eigenvalue weighted by molar-refractivity contribution is -0.137. The molecule has 2 aromatic carbocycles. The van der Waals surface area contributed by atoms with E-state index >= 15 is 0 Å². The van der Waals surface area contributed by atoms with Crippen molar-refractivity contribution in [2.45, 2.75) is 39.5 Å². The summed E-state index contributed by atoms with van der Waals surface area (Å²) in [4.78, 5) is 30.9. The molecule has 0 bridgehead atoms. The lowest BCUT2D eigenvalue weighted by Crippen LogP contribution is -2.40. The molecule has 0 aliphatic heterocycles. The summed E-state index contributed by atoms with van der Waals surface area (Å²) in [5.41, 5.74) is -1.23. The van der Waals surface area contributed by atoms with E-state index in [2.05, 4.69) is 4.98 Å². The van der Waals surface area contributed by atoms with Crippen LogP contribution in [0.3, 0.4) is 0 Å². The van der Waals surface area contributed by atoms with Crippen molar-refractivity contribution < 1.29 is 17.6 Å². The van der Waals surface area contributed by atoms with Crippen molar-refractivity contribution in [1.29, 1.82) is 0 Å². The van der Waals surface area contributed by atoms with Crippen molar-refractivity contribution in [2.24, 2.45) is 5.92 Å². The minimum atomic E-state index is -4.50. The standard InChI is InChI=1S/C24H22F4N4O2/c1-15(2)10-11-31-22(33)20-21(32(23(31)34)19-8-6-18(25)7-9-19)29-14-30(20)13-16-4-3-5-17(12-16)24(26,27)28/h3-9,12,14-15H,10-11,13H2,1-2H3. The molecule has 4 rings (SSSR count). The molecule has 0 radical (unpaired) electrons. The number of hydrogen-bond donors (Lipinski definition) is 0. The Balaban J connectivity index is 1.91. The monoisotopic (exact) mass is 474 g/mol. The third-order valence-electron chi connectivity index (χ3n) is 5.52. The van der Waals surface area contributed by atoms with Crippen LogP contribution in [0.25, 0.3) is 16.9 Å². The van der Waals surface area contributed by atoms with Crippen molar-refractivity contribution in [1.82, 2.24) is 18.7 Å². The van der Waals surface area contributed by atoms with Crippen LogP contribution in [0.4, 0.5) is 17.6 Å². The molecule has 0 spiro atoms. The first-order valence-electron chi connectivity index (χ1n) is 10.7. The Morgan fingerprint density at radius 2 is 1.74 bits per heavy atom. The van der Waals surface area contributed by atoms with E-state index in [-0.39, 0.29) is 30.2 Å². The second-order valence-electron chi connectivity index (χ2n) is 8.48. The first kappa shape index (κ1) is 23.5. The van der Waals surface area contributed by atoms with Gasteiger partial charge in [0.1, 0.15) is 5.82 Å². The molecule has 0 amide bonds. The van der Waals surface area contributed by atoms with Gasteiger partial charge in [0.2, 0.25) is 0 Å². The summed E-state index contributed by atoms with van der Waals surface area (Å²) in [5, 5.41) is 0. The van der Waals surface area contributed by atoms with Gasteiger partial charge in [-0.2, -0.15) is 13.2 Å². The maximum atomic E-state index is 13.5. The Labute approximate surface area is 191 Å². The number of fused-ring (bicyclic) bond motifs is 1. The minimum Gasteiger partial charge on any atom is -0.320 e. The van der Waals surface area contributed by atoms with Crippen LogP contribution in [0, 0.1) is 11.7 Å². The van der Waals surface area contributed by atoms with Crippen LogP contribution >= 0.6 is 0 Å². The van der Waals surface area contributed by atoms with Crippen LogP contribution < -0.4 is 11.2 Å². The highest BCUT2D eigenvalue weighted by molar-refractivity contribution is 5.72. The molecule has 0 aliphatic rings. The molecule has 2 heterocycles. The van der Waals surface area contributed by atoms with E-state index in [1.165, 1.54) is 51.9 Å². The SMILES string of the molecule is CC(C)CCn1c(=O)c2c(ncn2Cc2cccc(C(F)(F)F)c2)n(-c2ccc(F)cc2)c1=O. The Morgan fingerprint density at radius 1 is 1.03 bits per heavy atom. The third kappa shape index (κ3) is 4.52. The fraction of sp³-hybridized carbons (Fsp3) is 0.292. The minimum absolute atomic E-state index is 0.0504. The summed E-state index contributed by atoms with van der Waals surface area (Å²) >= 11 is 0. The Bertz CT molecular complexity index is 1450. The number of nitrogens with zero attached hydrogens (tertiary/aromatic N) is 4. The zero-order valence-corrected chi connectivity index (χ0v) is 18.5. The molecule has 4 aromatic rings. The Kier molecular flexibility index (Phi) is 6.16. The molecule has 2 aromatic heterocycles. The molecular formula is C24H22F4N4O2. The molecule has 0 unspecified atom stereocenters. The number of halogens is 4. The number of benzene rings is 2. The van der Waals surface area contributed by atoms with Crippen molar-refractivity contribution in [3.05, 3.63) is 92.6 Å². The van der Waals surface area contributed by atoms with E-state index in [1.54, 1.807) is 0 Å². The molecule has 34 heavy (non-hydrogen) atoms. The van der Waals surface area contributed by atoms with Crippen molar-refractivity contribution in [3.8, 4) is 5.69 Å². The molecule has 0 saturated carbocycles. The molecule has 0 fully saturated rings. The van der Waals surface area contributed by atoms with Crippen LogP contribution in [0.1, 0.15) is 31.4 Å². The molecule has 0 N–H and O–H groups in total. The quantitative estimate of drug-likeness (QED) is 0.384. The van der Waals surface area contributed by atoms with Crippen LogP contribution in [0.5, 0.6) is 0 Å². The Morgan fingerprint density at radius 3 is 2.38 bits per heavy atom. The largest absolute Gasteiger partial charge is 0.416 e. The van der Waals surface area contributed by atoms with Gasteiger partial charge in [0.25, 0.3) is 5.56 Å². The highest BCUT2D eigenvalue weighted by atomic mass is 19.4. The Hall–Kier alpha value is -3.69. The smallest absolute Gasteiger partial charge is 0.320 e. The first-order chi connectivity index (χ1) is 16.1. The maximum absolute atomic E-state index is 13.5. The number of hydrogen-bond acceptors (Lipinski definition) is 3. The summed E-state index contributed by atoms with van der Waals surface area (Å²) in [5.74, 6) is -0.271. The van der Waals surface area contributed by atoms with Crippen molar-refractivity contribution in [2.75, 3.05) is 0 Å². The fourth-order valence-electron chi connectivity index (χ4n) is 3.75. The third-order valence-corrected chi connectivity index (χ3v) is 5.52. The van der Waals surface area contributed by atoms with Crippen LogP contribution in [0.15, 0.2) is 64.4 Å². The van der Waals surface area contributed by atoms with Gasteiger partial charge in [0, 0.05) is 13.1 Å². The molecule has 6 nitrogen and oxygen atoms in total. The van der Waals surface area contributed by atoms with E-state index < -0.39 is 28.8 Å². The number of imidazole rings is 1. The molecule has 178 valence electrons. The average Bonchev–Trinajstić information content (AvgIpc) is 3.17. The summed E-state index contributed by atoms with van der Waals surface area (Å²) in [6.45, 7) is 4.02. The first-order valence-corrected chi connectivity index (χ1v) is 10.7. The van der Waals surface area contributed by atoms with Gasteiger partial charge in [0.15, 0.2) is 11.2 Å². The normalized spacial score (nSPS) is 12.1. The number of alkyl halides is 3. The average molecular weight is 474 g/mol. The zero-order valence-electron chi connectivity index (χ0n) is 18.5. The second kappa shape index (κ2) is 8.92. The van der Waals surface area contributed by atoms with Gasteiger partial charge in [-0.3, -0.25) is 9.36 Å². The highest BCUT2D eigenvalue weighted by Crippen LogP contribution is 2.29. The fourth-order valence-corrected chi connectivity index (χ4v) is 3.75. The van der Waals surface area contributed by atoms with E-state index in [1.807, 2.05) is 13.8 Å². The summed E-state index contributed by atoms with van der Waals surface area (Å²) in [7, 11) is 0. The molecule has 10 heteroatoms. The van der Waals surface area contributed by atoms with Crippen LogP contribution in [-0.4, -0.2) is 18.7 Å². The molecule has 0 aliphatic carbocycles. The van der Waals surface area contributed by atoms with Gasteiger partial charge in [0.05, 0.1) is 17.6 Å². The lowest BCUT2D eigenvalue weighted by atomic mass is 10.1. The van der Waals surface area contributed by atoms with Gasteiger partial charge in [-0.1, -0.05) is 26.0 Å². The molecular weight excluding hydrogens is 452 g/mol. The van der Waals surface area contributed by atoms with Gasteiger partial charge < -0.3 is 4.57 Å². The zero-order chi connectivity index (χ0) is 24.6. The van der Waals surface area contributed by atoms with Crippen LogP contribution in [-0.2, 0) is 19.3 Å². The van der Waals surface area contributed by atoms with Crippen molar-refractivity contribution in [3.63, 3.8) is 0 Å². The van der Waals surface area contributed by atoms with E-state index in [0.29, 0.717) is 17.7 Å².